The van der Waals surface area contributed by atoms with Gasteiger partial charge in [-0.1, -0.05) is 84.2 Å². The van der Waals surface area contributed by atoms with E-state index in [4.69, 9.17) is 39.5 Å². The molecule has 1 atom stereocenters. The van der Waals surface area contributed by atoms with Crippen LogP contribution < -0.4 is 14.4 Å². The molecule has 11 nitrogen and oxygen atoms in total. The van der Waals surface area contributed by atoms with Gasteiger partial charge in [0.2, 0.25) is 11.8 Å². The van der Waals surface area contributed by atoms with Crippen LogP contribution in [0.2, 0.25) is 15.1 Å². The second kappa shape index (κ2) is 17.0. The van der Waals surface area contributed by atoms with Crippen LogP contribution in [-0.2, 0) is 32.6 Å². The highest BCUT2D eigenvalue weighted by atomic mass is 35.5. The van der Waals surface area contributed by atoms with E-state index in [1.807, 2.05) is 25.1 Å². The van der Waals surface area contributed by atoms with Crippen molar-refractivity contribution in [2.45, 2.75) is 44.2 Å². The smallest absolute Gasteiger partial charge is 0.273 e. The third-order valence-electron chi connectivity index (χ3n) is 7.86. The fraction of sp³-hybridized carbons (Fsp3) is 0.257. The topological polar surface area (TPSA) is 139 Å². The Morgan fingerprint density at radius 3 is 2.26 bits per heavy atom. The average Bonchev–Trinajstić information content (AvgIpc) is 3.09. The Balaban J connectivity index is 1.92. The maximum Gasteiger partial charge on any atom is 0.273 e. The Bertz CT molecular complexity index is 1960. The highest BCUT2D eigenvalue weighted by molar-refractivity contribution is 7.92. The summed E-state index contributed by atoms with van der Waals surface area (Å²) in [4.78, 5) is 40.5. The van der Waals surface area contributed by atoms with E-state index < -0.39 is 49.9 Å². The minimum absolute atomic E-state index is 0.0506. The summed E-state index contributed by atoms with van der Waals surface area (Å²) in [5.74, 6) is -1.23. The van der Waals surface area contributed by atoms with Crippen molar-refractivity contribution in [1.82, 2.24) is 10.2 Å². The molecule has 0 saturated carbocycles. The van der Waals surface area contributed by atoms with Gasteiger partial charge in [-0.05, 0) is 55.3 Å². The summed E-state index contributed by atoms with van der Waals surface area (Å²) in [5.41, 5.74) is 0.777. The van der Waals surface area contributed by atoms with E-state index >= 15 is 0 Å². The molecule has 2 amide bonds. The van der Waals surface area contributed by atoms with Gasteiger partial charge in [-0.3, -0.25) is 24.0 Å². The van der Waals surface area contributed by atoms with Crippen molar-refractivity contribution >= 4 is 68.0 Å². The molecule has 0 unspecified atom stereocenters. The molecule has 0 saturated heterocycles. The van der Waals surface area contributed by atoms with Crippen molar-refractivity contribution in [1.29, 1.82) is 0 Å². The van der Waals surface area contributed by atoms with Gasteiger partial charge in [0.1, 0.15) is 18.3 Å². The maximum atomic E-state index is 14.7. The number of ether oxygens (including phenoxy) is 1. The molecule has 4 rings (SSSR count). The van der Waals surface area contributed by atoms with Crippen molar-refractivity contribution in [3.63, 3.8) is 0 Å². The number of hydrogen-bond donors (Lipinski definition) is 1. The number of hydrogen-bond acceptors (Lipinski definition) is 7. The largest absolute Gasteiger partial charge is 0.495 e. The molecule has 264 valence electrons. The molecule has 1 N–H and O–H groups in total. The number of amides is 2. The first-order valence-corrected chi connectivity index (χ1v) is 18.0. The third-order valence-corrected chi connectivity index (χ3v) is 10.6. The number of rotatable bonds is 15. The Morgan fingerprint density at radius 2 is 1.64 bits per heavy atom. The van der Waals surface area contributed by atoms with E-state index in [1.54, 1.807) is 30.3 Å². The number of benzene rings is 4. The van der Waals surface area contributed by atoms with Crippen LogP contribution in [0.3, 0.4) is 0 Å². The Labute approximate surface area is 305 Å². The van der Waals surface area contributed by atoms with Gasteiger partial charge in [0.25, 0.3) is 15.7 Å². The van der Waals surface area contributed by atoms with Crippen molar-refractivity contribution in [2.75, 3.05) is 24.5 Å². The molecule has 4 aromatic rings. The maximum absolute atomic E-state index is 14.7. The van der Waals surface area contributed by atoms with Crippen LogP contribution in [0.4, 0.5) is 11.4 Å². The van der Waals surface area contributed by atoms with E-state index in [0.29, 0.717) is 18.5 Å². The van der Waals surface area contributed by atoms with Gasteiger partial charge in [0, 0.05) is 51.8 Å². The molecule has 0 spiro atoms. The minimum Gasteiger partial charge on any atom is -0.495 e. The van der Waals surface area contributed by atoms with Crippen LogP contribution in [0.15, 0.2) is 89.8 Å². The van der Waals surface area contributed by atoms with Crippen LogP contribution in [-0.4, -0.2) is 56.3 Å². The van der Waals surface area contributed by atoms with Gasteiger partial charge in [-0.15, -0.1) is 0 Å². The molecular weight excluding hydrogens is 727 g/mol. The van der Waals surface area contributed by atoms with Crippen molar-refractivity contribution in [3.05, 3.63) is 127 Å². The SMILES string of the molecule is CCCNC(=O)[C@H](Cc1ccccc1)N(Cc1c(Cl)cccc1Cl)C(=O)CN(c1cc(Cl)ccc1OC)S(=O)(=O)c1ccc(C)c([N+](=O)[O-])c1. The second-order valence-electron chi connectivity index (χ2n) is 11.3. The molecule has 15 heteroatoms. The molecule has 0 aromatic heterocycles. The zero-order valence-electron chi connectivity index (χ0n) is 27.4. The standard InChI is InChI=1S/C35H35Cl3N4O7S/c1-4-17-39-35(44)32(18-24-9-6-5-7-10-24)40(21-27-28(37)11-8-12-29(27)38)34(43)22-41(31-19-25(36)14-16-33(31)49-3)50(47,48)26-15-13-23(2)30(20-26)42(45)46/h5-16,19-20,32H,4,17-18,21-22H2,1-3H3,(H,39,44)/t32-/m0/s1. The van der Waals surface area contributed by atoms with Crippen LogP contribution in [0.1, 0.15) is 30.0 Å². The number of nitrogens with one attached hydrogen (secondary N) is 1. The van der Waals surface area contributed by atoms with Crippen molar-refractivity contribution < 1.29 is 27.7 Å². The lowest BCUT2D eigenvalue weighted by molar-refractivity contribution is -0.385. The minimum atomic E-state index is -4.72. The second-order valence-corrected chi connectivity index (χ2v) is 14.4. The van der Waals surface area contributed by atoms with Crippen LogP contribution in [0, 0.1) is 17.0 Å². The molecule has 0 aliphatic carbocycles. The number of methoxy groups -OCH3 is 1. The van der Waals surface area contributed by atoms with Gasteiger partial charge < -0.3 is 15.0 Å². The van der Waals surface area contributed by atoms with E-state index in [9.17, 15) is 28.1 Å². The van der Waals surface area contributed by atoms with Crippen LogP contribution in [0.25, 0.3) is 0 Å². The summed E-state index contributed by atoms with van der Waals surface area (Å²) < 4.78 is 35.2. The predicted octanol–water partition coefficient (Wildman–Crippen LogP) is 7.23. The lowest BCUT2D eigenvalue weighted by atomic mass is 10.0. The first-order valence-electron chi connectivity index (χ1n) is 15.4. The number of nitro benzene ring substituents is 1. The van der Waals surface area contributed by atoms with Gasteiger partial charge in [-0.25, -0.2) is 8.42 Å². The number of carbonyl (C=O) groups excluding carboxylic acids is 2. The van der Waals surface area contributed by atoms with Crippen molar-refractivity contribution in [3.8, 4) is 5.75 Å². The monoisotopic (exact) mass is 760 g/mol. The number of carbonyl (C=O) groups is 2. The Kier molecular flexibility index (Phi) is 13.1. The highest BCUT2D eigenvalue weighted by Crippen LogP contribution is 2.36. The predicted molar refractivity (Wildman–Crippen MR) is 195 cm³/mol. The zero-order valence-corrected chi connectivity index (χ0v) is 30.5. The van der Waals surface area contributed by atoms with Gasteiger partial charge in [-0.2, -0.15) is 0 Å². The van der Waals surface area contributed by atoms with Crippen LogP contribution >= 0.6 is 34.8 Å². The van der Waals surface area contributed by atoms with E-state index in [0.717, 1.165) is 15.9 Å². The quantitative estimate of drug-likeness (QED) is 0.0996. The molecule has 0 radical (unpaired) electrons. The molecular formula is C35H35Cl3N4O7S. The van der Waals surface area contributed by atoms with Gasteiger partial charge in [0.05, 0.1) is 22.6 Å². The summed E-state index contributed by atoms with van der Waals surface area (Å²) >= 11 is 19.4. The lowest BCUT2D eigenvalue weighted by Crippen LogP contribution is -2.53. The number of aryl methyl sites for hydroxylation is 1. The summed E-state index contributed by atoms with van der Waals surface area (Å²) in [6.45, 7) is 2.56. The van der Waals surface area contributed by atoms with Crippen LogP contribution in [0.5, 0.6) is 5.75 Å². The molecule has 0 aliphatic heterocycles. The zero-order chi connectivity index (χ0) is 36.6. The number of nitro groups is 1. The van der Waals surface area contributed by atoms with E-state index in [2.05, 4.69) is 5.32 Å². The highest BCUT2D eigenvalue weighted by Gasteiger charge is 2.36. The number of sulfonamides is 1. The summed E-state index contributed by atoms with van der Waals surface area (Å²) in [6, 6.07) is 20.4. The molecule has 0 aliphatic rings. The van der Waals surface area contributed by atoms with E-state index in [-0.39, 0.29) is 45.0 Å². The first-order chi connectivity index (χ1) is 23.8. The summed E-state index contributed by atoms with van der Waals surface area (Å²) in [7, 11) is -3.41. The number of anilines is 1. The molecule has 0 bridgehead atoms. The normalized spacial score (nSPS) is 11.8. The fourth-order valence-electron chi connectivity index (χ4n) is 5.22. The fourth-order valence-corrected chi connectivity index (χ4v) is 7.34. The summed E-state index contributed by atoms with van der Waals surface area (Å²) in [5, 5.41) is 15.2. The van der Waals surface area contributed by atoms with Crippen molar-refractivity contribution in [2.24, 2.45) is 0 Å². The third kappa shape index (κ3) is 9.05. The van der Waals surface area contributed by atoms with Gasteiger partial charge >= 0.3 is 0 Å². The van der Waals surface area contributed by atoms with Gasteiger partial charge in [0.15, 0.2) is 0 Å². The molecule has 0 heterocycles. The first kappa shape index (κ1) is 38.4. The number of nitrogens with zero attached hydrogens (tertiary/aromatic N) is 3. The van der Waals surface area contributed by atoms with E-state index in [1.165, 1.54) is 49.3 Å². The molecule has 0 fully saturated rings. The molecule has 4 aromatic carbocycles. The Hall–Kier alpha value is -4.36. The molecule has 50 heavy (non-hydrogen) atoms. The number of halogens is 3. The average molecular weight is 762 g/mol. The lowest BCUT2D eigenvalue weighted by Gasteiger charge is -2.34. The Morgan fingerprint density at radius 1 is 0.960 bits per heavy atom. The summed E-state index contributed by atoms with van der Waals surface area (Å²) in [6.07, 6.45) is 0.693.